The molecule has 0 bridgehead atoms. The van der Waals surface area contributed by atoms with Gasteiger partial charge in [-0.2, -0.15) is 4.98 Å². The quantitative estimate of drug-likeness (QED) is 0.755. The summed E-state index contributed by atoms with van der Waals surface area (Å²) in [6.07, 6.45) is 1.78. The van der Waals surface area contributed by atoms with Gasteiger partial charge in [0.1, 0.15) is 28.5 Å². The fourth-order valence-corrected chi connectivity index (χ4v) is 3.58. The van der Waals surface area contributed by atoms with E-state index < -0.39 is 0 Å². The number of nitrogens with one attached hydrogen (secondary N) is 1. The first-order chi connectivity index (χ1) is 13.0. The van der Waals surface area contributed by atoms with Crippen LogP contribution in [0.15, 0.2) is 21.1 Å². The number of carbonyl (C=O) groups excluding carboxylic acids is 1. The third-order valence-corrected chi connectivity index (χ3v) is 4.92. The van der Waals surface area contributed by atoms with Crippen LogP contribution in [0.5, 0.6) is 0 Å². The highest BCUT2D eigenvalue weighted by Gasteiger charge is 2.29. The van der Waals surface area contributed by atoms with Gasteiger partial charge in [0.2, 0.25) is 5.91 Å². The van der Waals surface area contributed by atoms with Crippen molar-refractivity contribution >= 4 is 22.8 Å². The van der Waals surface area contributed by atoms with Crippen LogP contribution in [0.2, 0.25) is 0 Å². The lowest BCUT2D eigenvalue weighted by Crippen LogP contribution is -2.43. The molecule has 3 aromatic heterocycles. The number of rotatable bonds is 4. The number of aryl methyl sites for hydroxylation is 3. The lowest BCUT2D eigenvalue weighted by molar-refractivity contribution is -0.125. The van der Waals surface area contributed by atoms with Crippen LogP contribution in [0, 0.1) is 26.7 Å². The van der Waals surface area contributed by atoms with E-state index in [0.29, 0.717) is 24.6 Å². The van der Waals surface area contributed by atoms with E-state index >= 15 is 0 Å². The molecular weight excluding hydrogens is 346 g/mol. The van der Waals surface area contributed by atoms with Crippen molar-refractivity contribution < 1.29 is 13.7 Å². The Morgan fingerprint density at radius 3 is 2.93 bits per heavy atom. The molecule has 0 unspecified atom stereocenters. The van der Waals surface area contributed by atoms with Crippen molar-refractivity contribution in [2.75, 3.05) is 18.0 Å². The fraction of sp³-hybridized carbons (Fsp3) is 0.474. The van der Waals surface area contributed by atoms with Crippen molar-refractivity contribution in [3.63, 3.8) is 0 Å². The Balaban J connectivity index is 1.49. The molecule has 4 heterocycles. The summed E-state index contributed by atoms with van der Waals surface area (Å²) in [5, 5.41) is 7.83. The minimum absolute atomic E-state index is 0.0396. The van der Waals surface area contributed by atoms with Gasteiger partial charge in [0, 0.05) is 13.1 Å². The predicted octanol–water partition coefficient (Wildman–Crippen LogP) is 2.67. The maximum atomic E-state index is 12.7. The number of furan rings is 1. The van der Waals surface area contributed by atoms with Gasteiger partial charge in [-0.15, -0.1) is 0 Å². The summed E-state index contributed by atoms with van der Waals surface area (Å²) in [7, 11) is 0. The Bertz CT molecular complexity index is 977. The number of hydrogen-bond donors (Lipinski definition) is 1. The van der Waals surface area contributed by atoms with Crippen molar-refractivity contribution in [3.8, 4) is 0 Å². The van der Waals surface area contributed by atoms with Gasteiger partial charge in [-0.3, -0.25) is 4.79 Å². The molecule has 1 amide bonds. The second-order valence-electron chi connectivity index (χ2n) is 7.06. The smallest absolute Gasteiger partial charge is 0.263 e. The van der Waals surface area contributed by atoms with Crippen molar-refractivity contribution in [3.05, 3.63) is 35.2 Å². The number of hydrogen-bond acceptors (Lipinski definition) is 7. The van der Waals surface area contributed by atoms with Gasteiger partial charge in [0.15, 0.2) is 0 Å². The van der Waals surface area contributed by atoms with Crippen LogP contribution in [-0.4, -0.2) is 34.1 Å². The summed E-state index contributed by atoms with van der Waals surface area (Å²) >= 11 is 0. The first-order valence-corrected chi connectivity index (χ1v) is 9.20. The van der Waals surface area contributed by atoms with Crippen molar-refractivity contribution in [2.24, 2.45) is 5.92 Å². The molecule has 4 rings (SSSR count). The van der Waals surface area contributed by atoms with Crippen molar-refractivity contribution in [2.45, 2.75) is 40.2 Å². The first-order valence-electron chi connectivity index (χ1n) is 9.20. The van der Waals surface area contributed by atoms with Crippen LogP contribution in [0.4, 0.5) is 5.82 Å². The van der Waals surface area contributed by atoms with Crippen LogP contribution >= 0.6 is 0 Å². The fourth-order valence-electron chi connectivity index (χ4n) is 3.58. The van der Waals surface area contributed by atoms with E-state index in [1.165, 1.54) is 0 Å². The Hall–Kier alpha value is -2.90. The summed E-state index contributed by atoms with van der Waals surface area (Å²) in [6, 6.07) is 3.78. The molecule has 142 valence electrons. The number of piperidine rings is 1. The third-order valence-electron chi connectivity index (χ3n) is 4.92. The molecule has 8 heteroatoms. The molecule has 0 spiro atoms. The van der Waals surface area contributed by atoms with E-state index in [-0.39, 0.29) is 11.8 Å². The maximum absolute atomic E-state index is 12.7. The molecule has 0 radical (unpaired) electrons. The monoisotopic (exact) mass is 369 g/mol. The van der Waals surface area contributed by atoms with Crippen LogP contribution < -0.4 is 10.2 Å². The SMILES string of the molecule is Cc1nc(N2CCC[C@H](C(=O)NCc3ccc(C)o3)C2)c2c(C)noc2n1. The summed E-state index contributed by atoms with van der Waals surface area (Å²) < 4.78 is 10.8. The van der Waals surface area contributed by atoms with Crippen molar-refractivity contribution in [1.29, 1.82) is 0 Å². The Labute approximate surface area is 156 Å². The molecule has 27 heavy (non-hydrogen) atoms. The highest BCUT2D eigenvalue weighted by Crippen LogP contribution is 2.30. The Morgan fingerprint density at radius 1 is 1.30 bits per heavy atom. The van der Waals surface area contributed by atoms with Crippen LogP contribution in [-0.2, 0) is 11.3 Å². The van der Waals surface area contributed by atoms with Crippen molar-refractivity contribution in [1.82, 2.24) is 20.4 Å². The van der Waals surface area contributed by atoms with Crippen LogP contribution in [0.25, 0.3) is 11.1 Å². The second kappa shape index (κ2) is 7.02. The first kappa shape index (κ1) is 17.5. The topological polar surface area (TPSA) is 97.3 Å². The molecular formula is C19H23N5O3. The van der Waals surface area contributed by atoms with Gasteiger partial charge in [-0.25, -0.2) is 4.98 Å². The van der Waals surface area contributed by atoms with Gasteiger partial charge in [-0.05, 0) is 45.7 Å². The van der Waals surface area contributed by atoms with Crippen LogP contribution in [0.1, 0.15) is 35.9 Å². The molecule has 1 saturated heterocycles. The molecule has 0 aromatic carbocycles. The summed E-state index contributed by atoms with van der Waals surface area (Å²) in [6.45, 7) is 7.47. The minimum atomic E-state index is -0.0969. The van der Waals surface area contributed by atoms with Crippen LogP contribution in [0.3, 0.4) is 0 Å². The number of anilines is 1. The zero-order chi connectivity index (χ0) is 19.0. The number of aromatic nitrogens is 3. The zero-order valence-electron chi connectivity index (χ0n) is 15.8. The molecule has 1 aliphatic rings. The molecule has 0 aliphatic carbocycles. The van der Waals surface area contributed by atoms with E-state index in [1.54, 1.807) is 0 Å². The average molecular weight is 369 g/mol. The number of nitrogens with zero attached hydrogens (tertiary/aromatic N) is 4. The number of amides is 1. The predicted molar refractivity (Wildman–Crippen MR) is 99.3 cm³/mol. The largest absolute Gasteiger partial charge is 0.465 e. The molecule has 1 atom stereocenters. The highest BCUT2D eigenvalue weighted by molar-refractivity contribution is 5.88. The van der Waals surface area contributed by atoms with E-state index in [1.807, 2.05) is 32.9 Å². The number of fused-ring (bicyclic) bond motifs is 1. The van der Waals surface area contributed by atoms with E-state index in [2.05, 4.69) is 25.3 Å². The van der Waals surface area contributed by atoms with E-state index in [9.17, 15) is 4.79 Å². The molecule has 1 N–H and O–H groups in total. The third kappa shape index (κ3) is 3.51. The maximum Gasteiger partial charge on any atom is 0.263 e. The Morgan fingerprint density at radius 2 is 2.15 bits per heavy atom. The molecule has 1 aliphatic heterocycles. The second-order valence-corrected chi connectivity index (χ2v) is 7.06. The van der Waals surface area contributed by atoms with Gasteiger partial charge in [0.25, 0.3) is 5.71 Å². The van der Waals surface area contributed by atoms with E-state index in [0.717, 1.165) is 47.8 Å². The van der Waals surface area contributed by atoms with Gasteiger partial charge < -0.3 is 19.2 Å². The zero-order valence-corrected chi connectivity index (χ0v) is 15.8. The summed E-state index contributed by atoms with van der Waals surface area (Å²) in [5.41, 5.74) is 1.26. The van der Waals surface area contributed by atoms with Gasteiger partial charge >= 0.3 is 0 Å². The molecule has 8 nitrogen and oxygen atoms in total. The standard InChI is InChI=1S/C19H23N5O3/c1-11-6-7-15(26-11)9-20-18(25)14-5-4-8-24(10-14)17-16-12(2)23-27-19(16)22-13(3)21-17/h6-7,14H,4-5,8-10H2,1-3H3,(H,20,25)/t14-/m0/s1. The normalized spacial score (nSPS) is 17.4. The summed E-state index contributed by atoms with van der Waals surface area (Å²) in [4.78, 5) is 23.7. The molecule has 3 aromatic rings. The molecule has 0 saturated carbocycles. The van der Waals surface area contributed by atoms with Gasteiger partial charge in [0.05, 0.1) is 18.2 Å². The lowest BCUT2D eigenvalue weighted by atomic mass is 9.97. The van der Waals surface area contributed by atoms with E-state index in [4.69, 9.17) is 8.94 Å². The average Bonchev–Trinajstić information content (AvgIpc) is 3.25. The highest BCUT2D eigenvalue weighted by atomic mass is 16.5. The lowest BCUT2D eigenvalue weighted by Gasteiger charge is -2.33. The number of carbonyl (C=O) groups is 1. The summed E-state index contributed by atoms with van der Waals surface area (Å²) in [5.74, 6) is 2.99. The Kier molecular flexibility index (Phi) is 4.55. The van der Waals surface area contributed by atoms with Gasteiger partial charge in [-0.1, -0.05) is 5.16 Å². The molecule has 1 fully saturated rings. The minimum Gasteiger partial charge on any atom is -0.465 e.